The molecule has 6 N–H and O–H groups in total. The van der Waals surface area contributed by atoms with Crippen LogP contribution in [0.5, 0.6) is 0 Å². The van der Waals surface area contributed by atoms with Gasteiger partial charge in [-0.1, -0.05) is 179 Å². The molecule has 1 aliphatic heterocycles. The van der Waals surface area contributed by atoms with Crippen molar-refractivity contribution in [1.29, 1.82) is 0 Å². The Morgan fingerprint density at radius 3 is 1.56 bits per heavy atom. The van der Waals surface area contributed by atoms with Gasteiger partial charge in [-0.25, -0.2) is 0 Å². The molecule has 0 bridgehead atoms. The molecule has 0 aromatic carbocycles. The summed E-state index contributed by atoms with van der Waals surface area (Å²) in [6.07, 6.45) is 40.9. The van der Waals surface area contributed by atoms with E-state index in [1.165, 1.54) is 116 Å². The molecule has 0 aromatic rings. The van der Waals surface area contributed by atoms with Crippen LogP contribution in [0.2, 0.25) is 0 Å². The van der Waals surface area contributed by atoms with Gasteiger partial charge in [-0.05, 0) is 70.6 Å². The summed E-state index contributed by atoms with van der Waals surface area (Å²) in [5, 5.41) is 54.1. The first-order valence-corrected chi connectivity index (χ1v) is 26.3. The number of ether oxygens (including phenoxy) is 3. The van der Waals surface area contributed by atoms with Gasteiger partial charge in [0.05, 0.1) is 32.0 Å². The van der Waals surface area contributed by atoms with Gasteiger partial charge in [-0.15, -0.1) is 0 Å². The zero-order valence-corrected chi connectivity index (χ0v) is 40.7. The highest BCUT2D eigenvalue weighted by Crippen LogP contribution is 2.23. The van der Waals surface area contributed by atoms with E-state index in [2.05, 4.69) is 43.5 Å². The summed E-state index contributed by atoms with van der Waals surface area (Å²) in [5.41, 5.74) is 0. The average molecular weight is 908 g/mol. The second-order valence-electron chi connectivity index (χ2n) is 18.2. The third kappa shape index (κ3) is 33.4. The SMILES string of the molecule is CCCCCC/C=C/CC/C=C/C(O)C(COC1OC(CO)C(O)C(O)C1O)NC(=O)CCCCCCCCC/C=C\CCCCCCOC(=O)CCCCCCCCCCCCC. The number of rotatable bonds is 44. The van der Waals surface area contributed by atoms with Gasteiger partial charge >= 0.3 is 5.97 Å². The first-order valence-electron chi connectivity index (χ1n) is 26.3. The van der Waals surface area contributed by atoms with E-state index in [9.17, 15) is 35.1 Å². The van der Waals surface area contributed by atoms with Crippen molar-refractivity contribution in [3.63, 3.8) is 0 Å². The topological polar surface area (TPSA) is 175 Å². The van der Waals surface area contributed by atoms with Crippen molar-refractivity contribution in [3.8, 4) is 0 Å². The molecule has 1 rings (SSSR count). The molecule has 7 atom stereocenters. The van der Waals surface area contributed by atoms with E-state index < -0.39 is 49.5 Å². The first kappa shape index (κ1) is 59.9. The number of aliphatic hydroxyl groups is 5. The number of amides is 1. The first-order chi connectivity index (χ1) is 31.2. The van der Waals surface area contributed by atoms with Gasteiger partial charge in [-0.2, -0.15) is 0 Å². The summed E-state index contributed by atoms with van der Waals surface area (Å²) in [6, 6.07) is -0.837. The molecule has 0 aromatic heterocycles. The van der Waals surface area contributed by atoms with Crippen LogP contribution in [0.15, 0.2) is 36.5 Å². The van der Waals surface area contributed by atoms with Gasteiger partial charge < -0.3 is 45.1 Å². The van der Waals surface area contributed by atoms with Crippen LogP contribution < -0.4 is 5.32 Å². The Labute approximate surface area is 390 Å². The third-order valence-electron chi connectivity index (χ3n) is 12.2. The lowest BCUT2D eigenvalue weighted by Gasteiger charge is -2.40. The van der Waals surface area contributed by atoms with Crippen LogP contribution in [0, 0.1) is 0 Å². The minimum Gasteiger partial charge on any atom is -0.466 e. The summed E-state index contributed by atoms with van der Waals surface area (Å²) in [7, 11) is 0. The third-order valence-corrected chi connectivity index (χ3v) is 12.2. The minimum atomic E-state index is -1.58. The number of carbonyl (C=O) groups is 2. The second kappa shape index (κ2) is 43.5. The van der Waals surface area contributed by atoms with Crippen molar-refractivity contribution in [1.82, 2.24) is 5.32 Å². The minimum absolute atomic E-state index is 0.0313. The van der Waals surface area contributed by atoms with E-state index in [-0.39, 0.29) is 18.5 Å². The maximum atomic E-state index is 13.0. The van der Waals surface area contributed by atoms with Gasteiger partial charge in [0, 0.05) is 12.8 Å². The van der Waals surface area contributed by atoms with E-state index in [0.717, 1.165) is 83.5 Å². The van der Waals surface area contributed by atoms with Gasteiger partial charge in [-0.3, -0.25) is 9.59 Å². The van der Waals surface area contributed by atoms with E-state index in [1.54, 1.807) is 6.08 Å². The highest BCUT2D eigenvalue weighted by Gasteiger charge is 2.44. The Hall–Kier alpha value is -2.12. The monoisotopic (exact) mass is 908 g/mol. The largest absolute Gasteiger partial charge is 0.466 e. The van der Waals surface area contributed by atoms with Crippen LogP contribution in [0.3, 0.4) is 0 Å². The molecule has 11 nitrogen and oxygen atoms in total. The molecular weight excluding hydrogens is 811 g/mol. The normalized spacial score (nSPS) is 20.1. The van der Waals surface area contributed by atoms with E-state index in [0.29, 0.717) is 19.4 Å². The fourth-order valence-corrected chi connectivity index (χ4v) is 7.97. The molecule has 1 saturated heterocycles. The van der Waals surface area contributed by atoms with Crippen LogP contribution in [0.25, 0.3) is 0 Å². The smallest absolute Gasteiger partial charge is 0.305 e. The summed E-state index contributed by atoms with van der Waals surface area (Å²) < 4.78 is 16.6. The fourth-order valence-electron chi connectivity index (χ4n) is 7.97. The zero-order chi connectivity index (χ0) is 46.7. The number of unbranched alkanes of at least 4 members (excludes halogenated alkanes) is 26. The molecule has 1 amide bonds. The predicted molar refractivity (Wildman–Crippen MR) is 260 cm³/mol. The predicted octanol–water partition coefficient (Wildman–Crippen LogP) is 10.8. The lowest BCUT2D eigenvalue weighted by atomic mass is 9.99. The molecule has 0 aliphatic carbocycles. The van der Waals surface area contributed by atoms with E-state index in [1.807, 2.05) is 6.08 Å². The second-order valence-corrected chi connectivity index (χ2v) is 18.2. The van der Waals surface area contributed by atoms with Crippen molar-refractivity contribution in [2.45, 2.75) is 269 Å². The average Bonchev–Trinajstić information content (AvgIpc) is 3.29. The van der Waals surface area contributed by atoms with Crippen LogP contribution in [-0.2, 0) is 23.8 Å². The van der Waals surface area contributed by atoms with Crippen molar-refractivity contribution >= 4 is 11.9 Å². The van der Waals surface area contributed by atoms with Crippen molar-refractivity contribution in [2.75, 3.05) is 19.8 Å². The van der Waals surface area contributed by atoms with Gasteiger partial charge in [0.15, 0.2) is 6.29 Å². The Morgan fingerprint density at radius 2 is 1.02 bits per heavy atom. The van der Waals surface area contributed by atoms with Crippen LogP contribution >= 0.6 is 0 Å². The fraction of sp³-hybridized carbons (Fsp3) is 0.849. The summed E-state index contributed by atoms with van der Waals surface area (Å²) in [5.74, 6) is -0.241. The Bertz CT molecular complexity index is 1160. The lowest BCUT2D eigenvalue weighted by Crippen LogP contribution is -2.60. The van der Waals surface area contributed by atoms with Crippen LogP contribution in [-0.4, -0.2) is 100 Å². The van der Waals surface area contributed by atoms with Gasteiger partial charge in [0.1, 0.15) is 24.4 Å². The van der Waals surface area contributed by atoms with Gasteiger partial charge in [0.2, 0.25) is 5.91 Å². The molecule has 1 aliphatic rings. The Kier molecular flexibility index (Phi) is 40.7. The number of allylic oxidation sites excluding steroid dienone is 5. The van der Waals surface area contributed by atoms with E-state index in [4.69, 9.17) is 14.2 Å². The number of carbonyl (C=O) groups excluding carboxylic acids is 2. The zero-order valence-electron chi connectivity index (χ0n) is 40.7. The van der Waals surface area contributed by atoms with Crippen molar-refractivity contribution in [2.24, 2.45) is 0 Å². The quantitative estimate of drug-likeness (QED) is 0.0196. The number of nitrogens with one attached hydrogen (secondary N) is 1. The van der Waals surface area contributed by atoms with Gasteiger partial charge in [0.25, 0.3) is 0 Å². The standard InChI is InChI=1S/C53H97NO10/c1-3-5-7-9-11-13-20-25-29-33-37-41-49(58)62-42-38-34-30-26-22-19-17-15-16-18-21-24-28-32-36-40-48(57)54-45(44-63-53-52(61)51(60)50(59)47(43-55)64-53)46(56)39-35-31-27-23-14-12-10-8-6-4-2/h14,17,19,23,35,39,45-47,50-53,55-56,59-61H,3-13,15-16,18,20-22,24-34,36-38,40-44H2,1-2H3,(H,54,57)/b19-17-,23-14+,39-35+. The highest BCUT2D eigenvalue weighted by molar-refractivity contribution is 5.76. The maximum Gasteiger partial charge on any atom is 0.305 e. The molecule has 0 spiro atoms. The summed E-state index contributed by atoms with van der Waals surface area (Å²) >= 11 is 0. The molecular formula is C53H97NO10. The van der Waals surface area contributed by atoms with Crippen LogP contribution in [0.1, 0.15) is 226 Å². The molecule has 374 valence electrons. The number of hydrogen-bond donors (Lipinski definition) is 6. The van der Waals surface area contributed by atoms with E-state index >= 15 is 0 Å². The Morgan fingerprint density at radius 1 is 0.562 bits per heavy atom. The molecule has 7 unspecified atom stereocenters. The molecule has 0 saturated carbocycles. The number of aliphatic hydroxyl groups excluding tert-OH is 5. The lowest BCUT2D eigenvalue weighted by molar-refractivity contribution is -0.302. The molecule has 64 heavy (non-hydrogen) atoms. The summed E-state index contributed by atoms with van der Waals surface area (Å²) in [4.78, 5) is 25.0. The van der Waals surface area contributed by atoms with Crippen LogP contribution in [0.4, 0.5) is 0 Å². The number of esters is 1. The molecule has 11 heteroatoms. The molecule has 0 radical (unpaired) electrons. The van der Waals surface area contributed by atoms with Crippen molar-refractivity contribution in [3.05, 3.63) is 36.5 Å². The number of hydrogen-bond acceptors (Lipinski definition) is 10. The molecule has 1 heterocycles. The van der Waals surface area contributed by atoms with Crippen molar-refractivity contribution < 1.29 is 49.3 Å². The summed E-state index contributed by atoms with van der Waals surface area (Å²) in [6.45, 7) is 4.22. The Balaban J connectivity index is 2.16. The highest BCUT2D eigenvalue weighted by atomic mass is 16.7. The maximum absolute atomic E-state index is 13.0. The molecule has 1 fully saturated rings.